The molecule has 1 fully saturated rings. The summed E-state index contributed by atoms with van der Waals surface area (Å²) in [6.45, 7) is 2.74. The summed E-state index contributed by atoms with van der Waals surface area (Å²) in [6.07, 6.45) is 0. The van der Waals surface area contributed by atoms with Crippen molar-refractivity contribution >= 4 is 16.7 Å². The highest BCUT2D eigenvalue weighted by Crippen LogP contribution is 2.28. The summed E-state index contributed by atoms with van der Waals surface area (Å²) in [4.78, 5) is 11.3. The molecule has 2 aromatic carbocycles. The Morgan fingerprint density at radius 2 is 1.71 bits per heavy atom. The average molecular weight is 327 g/mol. The minimum absolute atomic E-state index is 0.383. The van der Waals surface area contributed by atoms with Gasteiger partial charge < -0.3 is 9.64 Å². The van der Waals surface area contributed by atoms with Crippen LogP contribution in [0, 0.1) is 11.6 Å². The maximum atomic E-state index is 13.6. The topological polar surface area (TPSA) is 38.2 Å². The molecule has 4 rings (SSSR count). The molecule has 0 radical (unpaired) electrons. The van der Waals surface area contributed by atoms with E-state index in [1.165, 1.54) is 6.07 Å². The third-order valence-corrected chi connectivity index (χ3v) is 4.07. The van der Waals surface area contributed by atoms with Crippen LogP contribution in [0.25, 0.3) is 22.3 Å². The van der Waals surface area contributed by atoms with Crippen molar-refractivity contribution in [2.45, 2.75) is 0 Å². The molecular formula is C18H15F2N3O. The van der Waals surface area contributed by atoms with E-state index < -0.39 is 11.6 Å². The number of anilines is 1. The Morgan fingerprint density at radius 1 is 0.917 bits per heavy atom. The second-order valence-electron chi connectivity index (χ2n) is 5.62. The van der Waals surface area contributed by atoms with Gasteiger partial charge in [0.05, 0.1) is 18.7 Å². The van der Waals surface area contributed by atoms with Gasteiger partial charge in [-0.2, -0.15) is 0 Å². The van der Waals surface area contributed by atoms with E-state index in [1.54, 1.807) is 0 Å². The number of nitrogens with zero attached hydrogens (tertiary/aromatic N) is 3. The van der Waals surface area contributed by atoms with Crippen molar-refractivity contribution in [1.29, 1.82) is 0 Å². The fraction of sp³-hybridized carbons (Fsp3) is 0.222. The molecule has 0 atom stereocenters. The fourth-order valence-corrected chi connectivity index (χ4v) is 2.84. The van der Waals surface area contributed by atoms with Crippen molar-refractivity contribution in [1.82, 2.24) is 9.97 Å². The Bertz CT molecular complexity index is 895. The number of morpholine rings is 1. The monoisotopic (exact) mass is 327 g/mol. The Hall–Kier alpha value is -2.60. The van der Waals surface area contributed by atoms with Gasteiger partial charge in [-0.05, 0) is 30.3 Å². The van der Waals surface area contributed by atoms with Crippen LogP contribution in [0.15, 0.2) is 42.5 Å². The van der Waals surface area contributed by atoms with Crippen molar-refractivity contribution in [3.63, 3.8) is 0 Å². The minimum atomic E-state index is -0.905. The van der Waals surface area contributed by atoms with Gasteiger partial charge in [0.15, 0.2) is 17.5 Å². The molecule has 1 aliphatic rings. The molecule has 24 heavy (non-hydrogen) atoms. The Labute approximate surface area is 137 Å². The number of rotatable bonds is 2. The summed E-state index contributed by atoms with van der Waals surface area (Å²) >= 11 is 0. The molecule has 1 saturated heterocycles. The van der Waals surface area contributed by atoms with Crippen LogP contribution in [0.3, 0.4) is 0 Å². The Kier molecular flexibility index (Phi) is 3.82. The van der Waals surface area contributed by atoms with Crippen LogP contribution in [0.4, 0.5) is 14.6 Å². The number of ether oxygens (including phenoxy) is 1. The molecule has 6 heteroatoms. The highest BCUT2D eigenvalue weighted by Gasteiger charge is 2.18. The Balaban J connectivity index is 1.88. The van der Waals surface area contributed by atoms with Crippen molar-refractivity contribution in [3.8, 4) is 11.4 Å². The third kappa shape index (κ3) is 2.69. The zero-order valence-corrected chi connectivity index (χ0v) is 12.9. The largest absolute Gasteiger partial charge is 0.378 e. The minimum Gasteiger partial charge on any atom is -0.378 e. The van der Waals surface area contributed by atoms with Gasteiger partial charge in [0.1, 0.15) is 5.82 Å². The van der Waals surface area contributed by atoms with E-state index in [2.05, 4.69) is 14.9 Å². The average Bonchev–Trinajstić information content (AvgIpc) is 2.64. The molecule has 0 unspecified atom stereocenters. The van der Waals surface area contributed by atoms with Gasteiger partial charge in [-0.15, -0.1) is 0 Å². The highest BCUT2D eigenvalue weighted by molar-refractivity contribution is 5.91. The summed E-state index contributed by atoms with van der Waals surface area (Å²) in [5.41, 5.74) is 1.22. The molecule has 4 nitrogen and oxygen atoms in total. The van der Waals surface area contributed by atoms with Gasteiger partial charge >= 0.3 is 0 Å². The van der Waals surface area contributed by atoms with E-state index in [0.29, 0.717) is 24.6 Å². The van der Waals surface area contributed by atoms with Crippen LogP contribution in [0.2, 0.25) is 0 Å². The molecule has 1 aliphatic heterocycles. The number of halogens is 2. The SMILES string of the molecule is Fc1ccc(-c2nc(N3CCOCC3)c3ccccc3n2)cc1F. The van der Waals surface area contributed by atoms with Crippen molar-refractivity contribution in [3.05, 3.63) is 54.1 Å². The number of hydrogen-bond acceptors (Lipinski definition) is 4. The lowest BCUT2D eigenvalue weighted by atomic mass is 10.1. The first-order chi connectivity index (χ1) is 11.7. The molecule has 0 N–H and O–H groups in total. The van der Waals surface area contributed by atoms with Gasteiger partial charge in [0.25, 0.3) is 0 Å². The van der Waals surface area contributed by atoms with Crippen LogP contribution in [0.5, 0.6) is 0 Å². The standard InChI is InChI=1S/C18H15F2N3O/c19-14-6-5-12(11-15(14)20)17-21-16-4-2-1-3-13(16)18(22-17)23-7-9-24-10-8-23/h1-6,11H,7-10H2. The quantitative estimate of drug-likeness (QED) is 0.723. The number of hydrogen-bond donors (Lipinski definition) is 0. The molecule has 3 aromatic rings. The molecule has 2 heterocycles. The normalized spacial score (nSPS) is 15.0. The van der Waals surface area contributed by atoms with E-state index in [9.17, 15) is 8.78 Å². The lowest BCUT2D eigenvalue weighted by molar-refractivity contribution is 0.122. The van der Waals surface area contributed by atoms with Crippen molar-refractivity contribution < 1.29 is 13.5 Å². The number of para-hydroxylation sites is 1. The summed E-state index contributed by atoms with van der Waals surface area (Å²) in [6, 6.07) is 11.4. The predicted molar refractivity (Wildman–Crippen MR) is 87.9 cm³/mol. The Morgan fingerprint density at radius 3 is 2.50 bits per heavy atom. The van der Waals surface area contributed by atoms with Crippen LogP contribution >= 0.6 is 0 Å². The fourth-order valence-electron chi connectivity index (χ4n) is 2.84. The smallest absolute Gasteiger partial charge is 0.162 e. The van der Waals surface area contributed by atoms with E-state index in [0.717, 1.165) is 41.9 Å². The zero-order valence-electron chi connectivity index (χ0n) is 12.9. The molecule has 122 valence electrons. The number of benzene rings is 2. The van der Waals surface area contributed by atoms with Gasteiger partial charge in [-0.1, -0.05) is 12.1 Å². The first kappa shape index (κ1) is 15.0. The maximum Gasteiger partial charge on any atom is 0.162 e. The lowest BCUT2D eigenvalue weighted by Gasteiger charge is -2.29. The van der Waals surface area contributed by atoms with Crippen LogP contribution in [-0.2, 0) is 4.74 Å². The molecule has 0 amide bonds. The predicted octanol–water partition coefficient (Wildman–Crippen LogP) is 3.41. The van der Waals surface area contributed by atoms with Gasteiger partial charge in [0.2, 0.25) is 0 Å². The van der Waals surface area contributed by atoms with E-state index in [-0.39, 0.29) is 0 Å². The number of fused-ring (bicyclic) bond motifs is 1. The van der Waals surface area contributed by atoms with Gasteiger partial charge in [0, 0.05) is 24.0 Å². The van der Waals surface area contributed by atoms with E-state index >= 15 is 0 Å². The van der Waals surface area contributed by atoms with E-state index in [4.69, 9.17) is 4.74 Å². The van der Waals surface area contributed by atoms with Crippen molar-refractivity contribution in [2.24, 2.45) is 0 Å². The molecule has 0 spiro atoms. The maximum absolute atomic E-state index is 13.6. The molecule has 0 bridgehead atoms. The second-order valence-corrected chi connectivity index (χ2v) is 5.62. The number of aromatic nitrogens is 2. The van der Waals surface area contributed by atoms with Crippen LogP contribution < -0.4 is 4.90 Å². The summed E-state index contributed by atoms with van der Waals surface area (Å²) in [5, 5.41) is 0.936. The first-order valence-electron chi connectivity index (χ1n) is 7.77. The van der Waals surface area contributed by atoms with Crippen LogP contribution in [-0.4, -0.2) is 36.3 Å². The van der Waals surface area contributed by atoms with Crippen molar-refractivity contribution in [2.75, 3.05) is 31.2 Å². The van der Waals surface area contributed by atoms with E-state index in [1.807, 2.05) is 24.3 Å². The zero-order chi connectivity index (χ0) is 16.5. The molecule has 0 saturated carbocycles. The second kappa shape index (κ2) is 6.13. The molecule has 1 aromatic heterocycles. The summed E-state index contributed by atoms with van der Waals surface area (Å²) in [7, 11) is 0. The highest BCUT2D eigenvalue weighted by atomic mass is 19.2. The summed E-state index contributed by atoms with van der Waals surface area (Å²) in [5.74, 6) is -0.608. The summed E-state index contributed by atoms with van der Waals surface area (Å²) < 4.78 is 32.2. The van der Waals surface area contributed by atoms with Crippen LogP contribution in [0.1, 0.15) is 0 Å². The third-order valence-electron chi connectivity index (χ3n) is 4.07. The molecule has 0 aliphatic carbocycles. The molecular weight excluding hydrogens is 312 g/mol. The lowest BCUT2D eigenvalue weighted by Crippen LogP contribution is -2.37. The van der Waals surface area contributed by atoms with Gasteiger partial charge in [-0.3, -0.25) is 0 Å². The first-order valence-corrected chi connectivity index (χ1v) is 7.77. The van der Waals surface area contributed by atoms with Gasteiger partial charge in [-0.25, -0.2) is 18.7 Å².